The maximum atomic E-state index is 6.08. The Morgan fingerprint density at radius 1 is 1.00 bits per heavy atom. The second-order valence-corrected chi connectivity index (χ2v) is 8.14. The molecule has 0 saturated carbocycles. The summed E-state index contributed by atoms with van der Waals surface area (Å²) >= 11 is 1.81. The zero-order valence-corrected chi connectivity index (χ0v) is 17.3. The highest BCUT2D eigenvalue weighted by atomic mass is 32.2. The van der Waals surface area contributed by atoms with Crippen LogP contribution in [0.2, 0.25) is 0 Å². The summed E-state index contributed by atoms with van der Waals surface area (Å²) < 4.78 is 17.4. The first-order valence-corrected chi connectivity index (χ1v) is 10.8. The molecule has 0 N–H and O–H groups in total. The molecule has 0 spiro atoms. The highest BCUT2D eigenvalue weighted by Crippen LogP contribution is 2.42. The van der Waals surface area contributed by atoms with Gasteiger partial charge in [0.1, 0.15) is 11.5 Å². The number of thioether (sulfide) groups is 1. The molecule has 0 radical (unpaired) electrons. The van der Waals surface area contributed by atoms with Gasteiger partial charge in [0.2, 0.25) is 0 Å². The summed E-state index contributed by atoms with van der Waals surface area (Å²) in [4.78, 5) is 1.25. The van der Waals surface area contributed by atoms with Gasteiger partial charge in [0.15, 0.2) is 0 Å². The van der Waals surface area contributed by atoms with Gasteiger partial charge < -0.3 is 13.9 Å². The minimum Gasteiger partial charge on any atom is -0.496 e. The molecule has 146 valence electrons. The Morgan fingerprint density at radius 3 is 2.61 bits per heavy atom. The average Bonchev–Trinajstić information content (AvgIpc) is 3.14. The van der Waals surface area contributed by atoms with E-state index in [-0.39, 0.29) is 0 Å². The van der Waals surface area contributed by atoms with E-state index in [0.717, 1.165) is 41.2 Å². The van der Waals surface area contributed by atoms with Crippen LogP contribution in [0.1, 0.15) is 35.1 Å². The third-order valence-electron chi connectivity index (χ3n) is 5.34. The van der Waals surface area contributed by atoms with Crippen LogP contribution in [0, 0.1) is 0 Å². The molecule has 3 aromatic rings. The lowest BCUT2D eigenvalue weighted by Crippen LogP contribution is -2.06. The van der Waals surface area contributed by atoms with Crippen LogP contribution in [-0.4, -0.2) is 14.2 Å². The number of methoxy groups -OCH3 is 2. The van der Waals surface area contributed by atoms with E-state index in [1.54, 1.807) is 14.2 Å². The van der Waals surface area contributed by atoms with Crippen LogP contribution < -0.4 is 4.74 Å². The number of benzene rings is 2. The number of rotatable bonds is 7. The van der Waals surface area contributed by atoms with Gasteiger partial charge in [-0.25, -0.2) is 0 Å². The first-order chi connectivity index (χ1) is 13.8. The van der Waals surface area contributed by atoms with Crippen molar-refractivity contribution in [3.05, 3.63) is 71.0 Å². The summed E-state index contributed by atoms with van der Waals surface area (Å²) in [6.07, 6.45) is 6.52. The highest BCUT2D eigenvalue weighted by Gasteiger charge is 2.23. The Bertz CT molecular complexity index is 931. The van der Waals surface area contributed by atoms with Crippen molar-refractivity contribution in [3.8, 4) is 17.1 Å². The summed E-state index contributed by atoms with van der Waals surface area (Å²) in [6.45, 7) is 0.543. The molecule has 3 nitrogen and oxygen atoms in total. The van der Waals surface area contributed by atoms with Crippen LogP contribution >= 0.6 is 11.8 Å². The van der Waals surface area contributed by atoms with Crippen molar-refractivity contribution >= 4 is 11.8 Å². The Morgan fingerprint density at radius 2 is 1.82 bits per heavy atom. The van der Waals surface area contributed by atoms with Crippen molar-refractivity contribution in [1.82, 2.24) is 0 Å². The predicted molar refractivity (Wildman–Crippen MR) is 114 cm³/mol. The number of hydrogen-bond acceptors (Lipinski definition) is 4. The van der Waals surface area contributed by atoms with Gasteiger partial charge in [-0.05, 0) is 55.0 Å². The van der Waals surface area contributed by atoms with Gasteiger partial charge in [-0.3, -0.25) is 0 Å². The SMILES string of the molecule is COCc1coc(-c2ccc3c(c2OC)CCCC3)c1CSc1ccccc1. The largest absolute Gasteiger partial charge is 0.496 e. The van der Waals surface area contributed by atoms with Crippen molar-refractivity contribution in [2.24, 2.45) is 0 Å². The van der Waals surface area contributed by atoms with Crippen molar-refractivity contribution in [1.29, 1.82) is 0 Å². The number of ether oxygens (including phenoxy) is 2. The molecule has 1 aliphatic carbocycles. The summed E-state index contributed by atoms with van der Waals surface area (Å²) in [5, 5.41) is 0. The van der Waals surface area contributed by atoms with Crippen molar-refractivity contribution in [2.45, 2.75) is 42.9 Å². The fourth-order valence-electron chi connectivity index (χ4n) is 3.96. The van der Waals surface area contributed by atoms with Crippen LogP contribution in [0.25, 0.3) is 11.3 Å². The van der Waals surface area contributed by atoms with Gasteiger partial charge in [0.05, 0.1) is 25.5 Å². The Kier molecular flexibility index (Phi) is 6.08. The van der Waals surface area contributed by atoms with E-state index >= 15 is 0 Å². The molecule has 1 aliphatic rings. The minimum absolute atomic E-state index is 0.543. The molecular weight excluding hydrogens is 368 g/mol. The third-order valence-corrected chi connectivity index (χ3v) is 6.37. The Labute approximate surface area is 171 Å². The van der Waals surface area contributed by atoms with Gasteiger partial charge in [-0.2, -0.15) is 0 Å². The zero-order chi connectivity index (χ0) is 19.3. The molecule has 4 rings (SSSR count). The van der Waals surface area contributed by atoms with E-state index in [4.69, 9.17) is 13.9 Å². The molecular formula is C24H26O3S. The molecule has 0 saturated heterocycles. The maximum absolute atomic E-state index is 6.08. The molecule has 0 fully saturated rings. The monoisotopic (exact) mass is 394 g/mol. The van der Waals surface area contributed by atoms with Gasteiger partial charge >= 0.3 is 0 Å². The van der Waals surface area contributed by atoms with Gasteiger partial charge in [-0.1, -0.05) is 24.3 Å². The van der Waals surface area contributed by atoms with Crippen molar-refractivity contribution < 1.29 is 13.9 Å². The first kappa shape index (κ1) is 19.2. The molecule has 0 aliphatic heterocycles. The minimum atomic E-state index is 0.543. The molecule has 0 atom stereocenters. The van der Waals surface area contributed by atoms with Crippen LogP contribution in [-0.2, 0) is 29.9 Å². The second-order valence-electron chi connectivity index (χ2n) is 7.09. The lowest BCUT2D eigenvalue weighted by Gasteiger charge is -2.21. The number of furan rings is 1. The summed E-state index contributed by atoms with van der Waals surface area (Å²) in [6, 6.07) is 14.9. The number of fused-ring (bicyclic) bond motifs is 1. The second kappa shape index (κ2) is 8.89. The quantitative estimate of drug-likeness (QED) is 0.442. The lowest BCUT2D eigenvalue weighted by molar-refractivity contribution is 0.184. The van der Waals surface area contributed by atoms with Gasteiger partial charge in [0, 0.05) is 28.9 Å². The van der Waals surface area contributed by atoms with E-state index in [1.165, 1.54) is 34.4 Å². The first-order valence-electron chi connectivity index (χ1n) is 9.77. The van der Waals surface area contributed by atoms with E-state index < -0.39 is 0 Å². The summed E-state index contributed by atoms with van der Waals surface area (Å²) in [5.74, 6) is 2.71. The van der Waals surface area contributed by atoms with E-state index in [0.29, 0.717) is 6.61 Å². The van der Waals surface area contributed by atoms with Crippen molar-refractivity contribution in [3.63, 3.8) is 0 Å². The fourth-order valence-corrected chi connectivity index (χ4v) is 4.93. The van der Waals surface area contributed by atoms with Crippen LogP contribution in [0.5, 0.6) is 5.75 Å². The molecule has 0 unspecified atom stereocenters. The van der Waals surface area contributed by atoms with Crippen molar-refractivity contribution in [2.75, 3.05) is 14.2 Å². The van der Waals surface area contributed by atoms with Crippen LogP contribution in [0.15, 0.2) is 58.0 Å². The molecule has 0 bridgehead atoms. The number of aryl methyl sites for hydroxylation is 1. The summed E-state index contributed by atoms with van der Waals surface area (Å²) in [7, 11) is 3.49. The normalized spacial score (nSPS) is 13.4. The van der Waals surface area contributed by atoms with Gasteiger partial charge in [-0.15, -0.1) is 11.8 Å². The highest BCUT2D eigenvalue weighted by molar-refractivity contribution is 7.98. The number of hydrogen-bond donors (Lipinski definition) is 0. The van der Waals surface area contributed by atoms with E-state index in [2.05, 4.69) is 36.4 Å². The van der Waals surface area contributed by atoms with Gasteiger partial charge in [0.25, 0.3) is 0 Å². The Hall–Kier alpha value is -2.17. The van der Waals surface area contributed by atoms with E-state index in [1.807, 2.05) is 24.1 Å². The van der Waals surface area contributed by atoms with E-state index in [9.17, 15) is 0 Å². The Balaban J connectivity index is 1.73. The fraction of sp³-hybridized carbons (Fsp3) is 0.333. The topological polar surface area (TPSA) is 31.6 Å². The predicted octanol–water partition coefficient (Wildman–Crippen LogP) is 6.27. The summed E-state index contributed by atoms with van der Waals surface area (Å²) in [5.41, 5.74) is 6.09. The molecule has 0 amide bonds. The molecule has 1 aromatic heterocycles. The molecule has 1 heterocycles. The smallest absolute Gasteiger partial charge is 0.142 e. The maximum Gasteiger partial charge on any atom is 0.142 e. The third kappa shape index (κ3) is 3.85. The lowest BCUT2D eigenvalue weighted by atomic mass is 9.88. The molecule has 4 heteroatoms. The average molecular weight is 395 g/mol. The van der Waals surface area contributed by atoms with Crippen LogP contribution in [0.3, 0.4) is 0 Å². The standard InChI is InChI=1S/C24H26O3S/c1-25-14-18-15-27-24(22(18)16-28-19-9-4-3-5-10-19)21-13-12-17-8-6-7-11-20(17)23(21)26-2/h3-5,9-10,12-13,15H,6-8,11,14,16H2,1-2H3. The zero-order valence-electron chi connectivity index (χ0n) is 16.5. The van der Waals surface area contributed by atoms with Crippen LogP contribution in [0.4, 0.5) is 0 Å². The molecule has 2 aromatic carbocycles. The molecule has 28 heavy (non-hydrogen) atoms.